The van der Waals surface area contributed by atoms with Crippen molar-refractivity contribution in [1.29, 1.82) is 0 Å². The van der Waals surface area contributed by atoms with Gasteiger partial charge in [0.25, 0.3) is 5.56 Å². The average molecular weight is 278 g/mol. The van der Waals surface area contributed by atoms with Gasteiger partial charge in [-0.05, 0) is 29.5 Å². The molecule has 1 atom stereocenters. The molecule has 3 aromatic rings. The van der Waals surface area contributed by atoms with E-state index in [-0.39, 0.29) is 11.6 Å². The third-order valence-corrected chi connectivity index (χ3v) is 3.87. The Kier molecular flexibility index (Phi) is 3.48. The molecule has 0 aliphatic heterocycles. The van der Waals surface area contributed by atoms with Gasteiger partial charge in [0.05, 0.1) is 6.04 Å². The van der Waals surface area contributed by atoms with Crippen molar-refractivity contribution in [1.82, 2.24) is 4.57 Å². The Balaban J connectivity index is 2.26. The Hall–Kier alpha value is -2.55. The lowest BCUT2D eigenvalue weighted by Gasteiger charge is -2.21. The van der Waals surface area contributed by atoms with Crippen LogP contribution in [-0.4, -0.2) is 4.57 Å². The number of benzene rings is 2. The van der Waals surface area contributed by atoms with Crippen molar-refractivity contribution >= 4 is 16.6 Å². The summed E-state index contributed by atoms with van der Waals surface area (Å²) >= 11 is 0. The van der Waals surface area contributed by atoms with Crippen LogP contribution in [0.25, 0.3) is 10.8 Å². The second-order valence-electron chi connectivity index (χ2n) is 5.17. The van der Waals surface area contributed by atoms with Gasteiger partial charge in [-0.25, -0.2) is 0 Å². The van der Waals surface area contributed by atoms with Gasteiger partial charge in [0.15, 0.2) is 0 Å². The molecule has 3 rings (SSSR count). The second kappa shape index (κ2) is 5.44. The third kappa shape index (κ3) is 2.31. The minimum atomic E-state index is -0.0386. The van der Waals surface area contributed by atoms with E-state index in [0.717, 1.165) is 17.4 Å². The Bertz CT molecular complexity index is 821. The van der Waals surface area contributed by atoms with Crippen LogP contribution in [0.1, 0.15) is 24.9 Å². The fourth-order valence-corrected chi connectivity index (χ4v) is 2.86. The minimum absolute atomic E-state index is 0.0266. The molecule has 21 heavy (non-hydrogen) atoms. The molecule has 0 radical (unpaired) electrons. The van der Waals surface area contributed by atoms with Gasteiger partial charge in [-0.3, -0.25) is 9.36 Å². The predicted molar refractivity (Wildman–Crippen MR) is 87.5 cm³/mol. The molecule has 0 fully saturated rings. The zero-order valence-electron chi connectivity index (χ0n) is 12.0. The summed E-state index contributed by atoms with van der Waals surface area (Å²) in [7, 11) is 0. The summed E-state index contributed by atoms with van der Waals surface area (Å²) in [4.78, 5) is 12.8. The van der Waals surface area contributed by atoms with E-state index in [2.05, 4.69) is 6.92 Å². The standard InChI is InChI=1S/C18H18N2O/c1-2-16(13-8-4-3-5-9-13)20-17(19)12-14-10-6-7-11-15(14)18(20)21/h3-12,16H,2,19H2,1H3. The van der Waals surface area contributed by atoms with Crippen LogP contribution in [-0.2, 0) is 0 Å². The Morgan fingerprint density at radius 2 is 1.71 bits per heavy atom. The molecule has 0 bridgehead atoms. The SMILES string of the molecule is CCC(c1ccccc1)n1c(N)cc2ccccc2c1=O. The van der Waals surface area contributed by atoms with Gasteiger partial charge >= 0.3 is 0 Å². The van der Waals surface area contributed by atoms with Crippen molar-refractivity contribution < 1.29 is 0 Å². The first-order valence-corrected chi connectivity index (χ1v) is 7.17. The van der Waals surface area contributed by atoms with Crippen LogP contribution >= 0.6 is 0 Å². The number of nitrogen functional groups attached to an aromatic ring is 1. The number of fused-ring (bicyclic) bond motifs is 1. The van der Waals surface area contributed by atoms with Gasteiger partial charge in [0.2, 0.25) is 0 Å². The number of anilines is 1. The van der Waals surface area contributed by atoms with Crippen molar-refractivity contribution in [3.63, 3.8) is 0 Å². The summed E-state index contributed by atoms with van der Waals surface area (Å²) in [6.07, 6.45) is 0.812. The zero-order chi connectivity index (χ0) is 14.8. The molecule has 0 aliphatic rings. The number of nitrogens with two attached hydrogens (primary N) is 1. The first-order chi connectivity index (χ1) is 10.2. The van der Waals surface area contributed by atoms with E-state index in [1.165, 1.54) is 0 Å². The molecule has 0 spiro atoms. The summed E-state index contributed by atoms with van der Waals surface area (Å²) in [5.74, 6) is 0.509. The summed E-state index contributed by atoms with van der Waals surface area (Å²) in [5, 5.41) is 1.60. The number of nitrogens with zero attached hydrogens (tertiary/aromatic N) is 1. The van der Waals surface area contributed by atoms with Crippen molar-refractivity contribution in [2.45, 2.75) is 19.4 Å². The molecular formula is C18H18N2O. The topological polar surface area (TPSA) is 48.0 Å². The molecule has 1 heterocycles. The van der Waals surface area contributed by atoms with E-state index in [1.54, 1.807) is 4.57 Å². The van der Waals surface area contributed by atoms with Crippen LogP contribution in [0.2, 0.25) is 0 Å². The lowest BCUT2D eigenvalue weighted by atomic mass is 10.0. The largest absolute Gasteiger partial charge is 0.385 e. The van der Waals surface area contributed by atoms with Crippen LogP contribution in [0.4, 0.5) is 5.82 Å². The quantitative estimate of drug-likeness (QED) is 0.796. The number of aromatic nitrogens is 1. The number of pyridine rings is 1. The highest BCUT2D eigenvalue weighted by Gasteiger charge is 2.16. The van der Waals surface area contributed by atoms with Crippen molar-refractivity contribution in [3.05, 3.63) is 76.6 Å². The first-order valence-electron chi connectivity index (χ1n) is 7.17. The summed E-state index contributed by atoms with van der Waals surface area (Å²) in [6, 6.07) is 19.4. The number of hydrogen-bond donors (Lipinski definition) is 1. The number of hydrogen-bond acceptors (Lipinski definition) is 2. The summed E-state index contributed by atoms with van der Waals surface area (Å²) < 4.78 is 1.71. The maximum atomic E-state index is 12.8. The second-order valence-corrected chi connectivity index (χ2v) is 5.17. The van der Waals surface area contributed by atoms with E-state index < -0.39 is 0 Å². The van der Waals surface area contributed by atoms with E-state index in [0.29, 0.717) is 11.2 Å². The lowest BCUT2D eigenvalue weighted by Crippen LogP contribution is -2.27. The molecule has 0 amide bonds. The van der Waals surface area contributed by atoms with Gasteiger partial charge in [0.1, 0.15) is 5.82 Å². The Morgan fingerprint density at radius 1 is 1.05 bits per heavy atom. The highest BCUT2D eigenvalue weighted by Crippen LogP contribution is 2.24. The van der Waals surface area contributed by atoms with E-state index in [9.17, 15) is 4.79 Å². The molecule has 3 heteroatoms. The molecule has 2 N–H and O–H groups in total. The van der Waals surface area contributed by atoms with Gasteiger partial charge in [-0.15, -0.1) is 0 Å². The Morgan fingerprint density at radius 3 is 2.43 bits per heavy atom. The van der Waals surface area contributed by atoms with Crippen LogP contribution < -0.4 is 11.3 Å². The fourth-order valence-electron chi connectivity index (χ4n) is 2.86. The van der Waals surface area contributed by atoms with Gasteiger partial charge in [-0.2, -0.15) is 0 Å². The predicted octanol–water partition coefficient (Wildman–Crippen LogP) is 3.58. The summed E-state index contributed by atoms with van der Waals surface area (Å²) in [6.45, 7) is 2.07. The van der Waals surface area contributed by atoms with E-state index in [1.807, 2.05) is 60.7 Å². The molecule has 2 aromatic carbocycles. The van der Waals surface area contributed by atoms with Crippen molar-refractivity contribution in [2.75, 3.05) is 5.73 Å². The Labute approximate surface area is 123 Å². The van der Waals surface area contributed by atoms with Gasteiger partial charge < -0.3 is 5.73 Å². The average Bonchev–Trinajstić information content (AvgIpc) is 2.52. The monoisotopic (exact) mass is 278 g/mol. The lowest BCUT2D eigenvalue weighted by molar-refractivity contribution is 0.559. The minimum Gasteiger partial charge on any atom is -0.385 e. The molecule has 1 aromatic heterocycles. The third-order valence-electron chi connectivity index (χ3n) is 3.87. The highest BCUT2D eigenvalue weighted by atomic mass is 16.1. The normalized spacial score (nSPS) is 12.4. The highest BCUT2D eigenvalue weighted by molar-refractivity contribution is 5.83. The smallest absolute Gasteiger partial charge is 0.260 e. The molecular weight excluding hydrogens is 260 g/mol. The molecule has 0 saturated heterocycles. The molecule has 0 saturated carbocycles. The molecule has 106 valence electrons. The van der Waals surface area contributed by atoms with Gasteiger partial charge in [0, 0.05) is 5.39 Å². The number of rotatable bonds is 3. The fraction of sp³-hybridized carbons (Fsp3) is 0.167. The van der Waals surface area contributed by atoms with Crippen molar-refractivity contribution in [3.8, 4) is 0 Å². The van der Waals surface area contributed by atoms with Gasteiger partial charge in [-0.1, -0.05) is 55.5 Å². The van der Waals surface area contributed by atoms with Crippen LogP contribution in [0, 0.1) is 0 Å². The van der Waals surface area contributed by atoms with Crippen LogP contribution in [0.15, 0.2) is 65.5 Å². The first kappa shape index (κ1) is 13.4. The molecule has 1 unspecified atom stereocenters. The van der Waals surface area contributed by atoms with Crippen LogP contribution in [0.3, 0.4) is 0 Å². The zero-order valence-corrected chi connectivity index (χ0v) is 12.0. The molecule has 0 aliphatic carbocycles. The maximum absolute atomic E-state index is 12.8. The van der Waals surface area contributed by atoms with E-state index in [4.69, 9.17) is 5.73 Å². The van der Waals surface area contributed by atoms with Crippen LogP contribution in [0.5, 0.6) is 0 Å². The molecule has 3 nitrogen and oxygen atoms in total. The van der Waals surface area contributed by atoms with Crippen molar-refractivity contribution in [2.24, 2.45) is 0 Å². The van der Waals surface area contributed by atoms with E-state index >= 15 is 0 Å². The maximum Gasteiger partial charge on any atom is 0.260 e. The summed E-state index contributed by atoms with van der Waals surface area (Å²) in [5.41, 5.74) is 7.24.